The fourth-order valence-electron chi connectivity index (χ4n) is 3.02. The Labute approximate surface area is 178 Å². The maximum atomic E-state index is 5.26. The molecule has 4 nitrogen and oxygen atoms in total. The lowest BCUT2D eigenvalue weighted by atomic mass is 10.0. The largest absolute Gasteiger partial charge is 0.231 e. The summed E-state index contributed by atoms with van der Waals surface area (Å²) in [6.45, 7) is 14.5. The van der Waals surface area contributed by atoms with Gasteiger partial charge in [-0.05, 0) is 93.4 Å². The highest BCUT2D eigenvalue weighted by Crippen LogP contribution is 2.26. The van der Waals surface area contributed by atoms with Crippen molar-refractivity contribution >= 4 is 0 Å². The Balaban J connectivity index is 2.22. The van der Waals surface area contributed by atoms with Crippen LogP contribution in [0.5, 0.6) is 0 Å². The van der Waals surface area contributed by atoms with Crippen molar-refractivity contribution in [2.24, 2.45) is 0 Å². The third-order valence-electron chi connectivity index (χ3n) is 4.97. The lowest BCUT2D eigenvalue weighted by molar-refractivity contribution is -0.619. The average Bonchev–Trinajstić information content (AvgIpc) is 2.64. The Hall–Kier alpha value is -1.20. The van der Waals surface area contributed by atoms with Crippen molar-refractivity contribution < 1.29 is 19.6 Å². The first kappa shape index (κ1) is 25.8. The summed E-state index contributed by atoms with van der Waals surface area (Å²) in [5, 5.41) is 0. The lowest BCUT2D eigenvalue weighted by Crippen LogP contribution is -2.40. The minimum atomic E-state index is -0.836. The maximum Gasteiger partial charge on any atom is 0.231 e. The van der Waals surface area contributed by atoms with Crippen LogP contribution in [0.25, 0.3) is 0 Å². The molecule has 0 atom stereocenters. The number of rotatable bonds is 12. The van der Waals surface area contributed by atoms with E-state index in [9.17, 15) is 0 Å². The first-order valence-electron chi connectivity index (χ1n) is 11.0. The van der Waals surface area contributed by atoms with Gasteiger partial charge in [0.25, 0.3) is 0 Å². The molecule has 0 radical (unpaired) electrons. The van der Waals surface area contributed by atoms with E-state index in [0.29, 0.717) is 6.42 Å². The van der Waals surface area contributed by atoms with Gasteiger partial charge in [-0.3, -0.25) is 0 Å². The minimum absolute atomic E-state index is 0.489. The molecule has 166 valence electrons. The van der Waals surface area contributed by atoms with Gasteiger partial charge in [-0.1, -0.05) is 46.6 Å². The summed E-state index contributed by atoms with van der Waals surface area (Å²) in [7, 11) is 0. The van der Waals surface area contributed by atoms with Crippen molar-refractivity contribution in [2.45, 2.75) is 112 Å². The topological polar surface area (TPSA) is 36.9 Å². The average molecular weight is 407 g/mol. The van der Waals surface area contributed by atoms with E-state index in [1.54, 1.807) is 6.92 Å². The molecule has 0 aromatic rings. The Bertz CT molecular complexity index is 586. The minimum Gasteiger partial charge on any atom is -0.199 e. The van der Waals surface area contributed by atoms with Crippen LogP contribution in [0.1, 0.15) is 99.8 Å². The van der Waals surface area contributed by atoms with Crippen molar-refractivity contribution in [1.29, 1.82) is 0 Å². The van der Waals surface area contributed by atoms with E-state index in [1.165, 1.54) is 28.7 Å². The van der Waals surface area contributed by atoms with Gasteiger partial charge in [-0.15, -0.1) is 0 Å². The van der Waals surface area contributed by atoms with E-state index in [4.69, 9.17) is 19.6 Å². The van der Waals surface area contributed by atoms with Crippen molar-refractivity contribution in [2.75, 3.05) is 0 Å². The SMILES string of the molecule is CC(C)=CCC/C(C)=C/CC/C(C)=C/CC/C(C)=C/CCC1(C)OOC(C)OO1. The zero-order valence-electron chi connectivity index (χ0n) is 19.7. The monoisotopic (exact) mass is 406 g/mol. The summed E-state index contributed by atoms with van der Waals surface area (Å²) in [4.78, 5) is 20.6. The highest BCUT2D eigenvalue weighted by atomic mass is 17.4. The normalized spacial score (nSPS) is 24.0. The fourth-order valence-corrected chi connectivity index (χ4v) is 3.02. The quantitative estimate of drug-likeness (QED) is 0.244. The van der Waals surface area contributed by atoms with E-state index >= 15 is 0 Å². The highest BCUT2D eigenvalue weighted by molar-refractivity contribution is 5.07. The summed E-state index contributed by atoms with van der Waals surface area (Å²) in [6, 6.07) is 0. The molecule has 1 rings (SSSR count). The van der Waals surface area contributed by atoms with Gasteiger partial charge < -0.3 is 0 Å². The first-order valence-corrected chi connectivity index (χ1v) is 11.0. The second-order valence-electron chi connectivity index (χ2n) is 8.65. The Morgan fingerprint density at radius 2 is 1.10 bits per heavy atom. The molecule has 0 saturated carbocycles. The molecular weight excluding hydrogens is 364 g/mol. The second kappa shape index (κ2) is 13.9. The molecule has 29 heavy (non-hydrogen) atoms. The number of allylic oxidation sites excluding steroid dienone is 8. The molecule has 0 N–H and O–H groups in total. The lowest BCUT2D eigenvalue weighted by Gasteiger charge is -2.32. The smallest absolute Gasteiger partial charge is 0.199 e. The van der Waals surface area contributed by atoms with Crippen molar-refractivity contribution in [3.8, 4) is 0 Å². The molecule has 1 fully saturated rings. The molecule has 0 unspecified atom stereocenters. The summed E-state index contributed by atoms with van der Waals surface area (Å²) >= 11 is 0. The highest BCUT2D eigenvalue weighted by Gasteiger charge is 2.34. The third kappa shape index (κ3) is 12.9. The van der Waals surface area contributed by atoms with E-state index in [-0.39, 0.29) is 0 Å². The summed E-state index contributed by atoms with van der Waals surface area (Å²) in [5.74, 6) is -0.836. The van der Waals surface area contributed by atoms with E-state index in [1.807, 2.05) is 6.92 Å². The predicted molar refractivity (Wildman–Crippen MR) is 120 cm³/mol. The van der Waals surface area contributed by atoms with Gasteiger partial charge in [-0.2, -0.15) is 19.6 Å². The Morgan fingerprint density at radius 1 is 0.690 bits per heavy atom. The molecule has 1 heterocycles. The van der Waals surface area contributed by atoms with Gasteiger partial charge in [-0.25, -0.2) is 0 Å². The van der Waals surface area contributed by atoms with Crippen LogP contribution in [0.3, 0.4) is 0 Å². The third-order valence-corrected chi connectivity index (χ3v) is 4.97. The van der Waals surface area contributed by atoms with Crippen LogP contribution in [-0.2, 0) is 19.6 Å². The molecule has 0 aromatic heterocycles. The second-order valence-corrected chi connectivity index (χ2v) is 8.65. The van der Waals surface area contributed by atoms with Crippen LogP contribution in [0.15, 0.2) is 46.6 Å². The molecule has 0 amide bonds. The summed E-state index contributed by atoms with van der Waals surface area (Å²) < 4.78 is 0. The molecule has 0 aliphatic carbocycles. The van der Waals surface area contributed by atoms with Gasteiger partial charge in [0.15, 0.2) is 0 Å². The molecule has 0 bridgehead atoms. The molecule has 1 aliphatic heterocycles. The van der Waals surface area contributed by atoms with Crippen LogP contribution in [-0.4, -0.2) is 12.1 Å². The van der Waals surface area contributed by atoms with Gasteiger partial charge in [0.1, 0.15) is 0 Å². The van der Waals surface area contributed by atoms with Gasteiger partial charge in [0.2, 0.25) is 12.1 Å². The zero-order chi connectivity index (χ0) is 21.7. The van der Waals surface area contributed by atoms with E-state index < -0.39 is 12.1 Å². The molecule has 1 saturated heterocycles. The molecule has 4 heteroatoms. The van der Waals surface area contributed by atoms with Gasteiger partial charge >= 0.3 is 0 Å². The zero-order valence-corrected chi connectivity index (χ0v) is 19.7. The van der Waals surface area contributed by atoms with Gasteiger partial charge in [0, 0.05) is 6.42 Å². The summed E-state index contributed by atoms with van der Waals surface area (Å²) in [5.41, 5.74) is 5.77. The fraction of sp³-hybridized carbons (Fsp3) is 0.680. The Morgan fingerprint density at radius 3 is 1.55 bits per heavy atom. The Kier molecular flexibility index (Phi) is 12.4. The van der Waals surface area contributed by atoms with Crippen LogP contribution < -0.4 is 0 Å². The van der Waals surface area contributed by atoms with Crippen LogP contribution in [0, 0.1) is 0 Å². The molecular formula is C25H42O4. The van der Waals surface area contributed by atoms with E-state index in [2.05, 4.69) is 58.9 Å². The standard InChI is InChI=1S/C25H42O4/c1-20(2)12-8-13-21(3)14-9-15-22(4)16-10-17-23(5)18-11-19-25(7)28-26-24(6)27-29-25/h12,14,16,18,24H,8-11,13,15,17,19H2,1-7H3/b21-14+,22-16+,23-18+. The van der Waals surface area contributed by atoms with Crippen LogP contribution in [0.4, 0.5) is 0 Å². The molecule has 0 aromatic carbocycles. The van der Waals surface area contributed by atoms with Crippen molar-refractivity contribution in [3.05, 3.63) is 46.6 Å². The molecule has 1 aliphatic rings. The predicted octanol–water partition coefficient (Wildman–Crippen LogP) is 7.88. The summed E-state index contributed by atoms with van der Waals surface area (Å²) in [6.07, 6.45) is 17.2. The van der Waals surface area contributed by atoms with Crippen LogP contribution in [0.2, 0.25) is 0 Å². The number of hydrogen-bond donors (Lipinski definition) is 0. The number of hydrogen-bond acceptors (Lipinski definition) is 4. The van der Waals surface area contributed by atoms with Crippen molar-refractivity contribution in [1.82, 2.24) is 0 Å². The van der Waals surface area contributed by atoms with Crippen molar-refractivity contribution in [3.63, 3.8) is 0 Å². The first-order chi connectivity index (χ1) is 13.7. The maximum absolute atomic E-state index is 5.26. The van der Waals surface area contributed by atoms with Crippen LogP contribution >= 0.6 is 0 Å². The molecule has 0 spiro atoms. The van der Waals surface area contributed by atoms with Gasteiger partial charge in [0.05, 0.1) is 0 Å². The van der Waals surface area contributed by atoms with E-state index in [0.717, 1.165) is 38.5 Å².